The highest BCUT2D eigenvalue weighted by atomic mass is 16.3. The Morgan fingerprint density at radius 1 is 0.579 bits per heavy atom. The Hall–Kier alpha value is -0.0800. The maximum atomic E-state index is 8.94. The molecule has 0 fully saturated rings. The Kier molecular flexibility index (Phi) is 15.9. The first-order valence-corrected chi connectivity index (χ1v) is 8.56. The largest absolute Gasteiger partial charge is 0.396 e. The molecule has 0 heterocycles. The third-order valence-electron chi connectivity index (χ3n) is 4.04. The lowest BCUT2D eigenvalue weighted by Crippen LogP contribution is -2.05. The van der Waals surface area contributed by atoms with Crippen LogP contribution in [0.25, 0.3) is 0 Å². The van der Waals surface area contributed by atoms with E-state index >= 15 is 0 Å². The summed E-state index contributed by atoms with van der Waals surface area (Å²) in [6, 6.07) is 0. The Balaban J connectivity index is 3.20. The molecule has 0 radical (unpaired) electrons. The van der Waals surface area contributed by atoms with Gasteiger partial charge in [0.05, 0.1) is 0 Å². The molecule has 0 saturated carbocycles. The molecule has 2 nitrogen and oxygen atoms in total. The van der Waals surface area contributed by atoms with Crippen molar-refractivity contribution in [2.24, 2.45) is 5.92 Å². The van der Waals surface area contributed by atoms with Gasteiger partial charge in [0, 0.05) is 13.2 Å². The van der Waals surface area contributed by atoms with Crippen LogP contribution in [0.5, 0.6) is 0 Å². The summed E-state index contributed by atoms with van der Waals surface area (Å²) in [6.07, 6.45) is 16.6. The minimum absolute atomic E-state index is 0.266. The summed E-state index contributed by atoms with van der Waals surface area (Å²) in [6.45, 7) is 2.80. The fourth-order valence-electron chi connectivity index (χ4n) is 2.72. The number of hydrogen-bond donors (Lipinski definition) is 2. The molecule has 0 aromatic rings. The molecule has 0 rings (SSSR count). The van der Waals surface area contributed by atoms with E-state index in [0.717, 1.165) is 12.8 Å². The Labute approximate surface area is 120 Å². The molecule has 19 heavy (non-hydrogen) atoms. The SMILES string of the molecule is CCCCCCCCCCCCC(CCO)CCO. The molecule has 2 heteroatoms. The first kappa shape index (κ1) is 18.9. The van der Waals surface area contributed by atoms with E-state index in [4.69, 9.17) is 10.2 Å². The highest BCUT2D eigenvalue weighted by Crippen LogP contribution is 2.18. The number of aliphatic hydroxyl groups is 2. The average molecular weight is 272 g/mol. The predicted octanol–water partition coefficient (Wildman–Crippen LogP) is 4.68. The highest BCUT2D eigenvalue weighted by Gasteiger charge is 2.06. The smallest absolute Gasteiger partial charge is 0.0433 e. The quantitative estimate of drug-likeness (QED) is 0.425. The molecule has 116 valence electrons. The van der Waals surface area contributed by atoms with Crippen molar-refractivity contribution < 1.29 is 10.2 Å². The molecule has 0 amide bonds. The van der Waals surface area contributed by atoms with Crippen LogP contribution in [-0.4, -0.2) is 23.4 Å². The molecule has 0 unspecified atom stereocenters. The number of hydrogen-bond acceptors (Lipinski definition) is 2. The fourth-order valence-corrected chi connectivity index (χ4v) is 2.72. The van der Waals surface area contributed by atoms with Crippen molar-refractivity contribution in [2.75, 3.05) is 13.2 Å². The van der Waals surface area contributed by atoms with Crippen LogP contribution in [0.1, 0.15) is 90.4 Å². The van der Waals surface area contributed by atoms with Gasteiger partial charge < -0.3 is 10.2 Å². The number of rotatable bonds is 15. The zero-order chi connectivity index (χ0) is 14.2. The van der Waals surface area contributed by atoms with Gasteiger partial charge in [-0.2, -0.15) is 0 Å². The van der Waals surface area contributed by atoms with E-state index in [0.29, 0.717) is 5.92 Å². The second kappa shape index (κ2) is 16.0. The van der Waals surface area contributed by atoms with E-state index in [-0.39, 0.29) is 13.2 Å². The number of unbranched alkanes of at least 4 members (excludes halogenated alkanes) is 9. The lowest BCUT2D eigenvalue weighted by molar-refractivity contribution is 0.207. The normalized spacial score (nSPS) is 11.4. The van der Waals surface area contributed by atoms with Gasteiger partial charge >= 0.3 is 0 Å². The van der Waals surface area contributed by atoms with Crippen molar-refractivity contribution in [3.63, 3.8) is 0 Å². The number of aliphatic hydroxyl groups excluding tert-OH is 2. The van der Waals surface area contributed by atoms with Crippen molar-refractivity contribution >= 4 is 0 Å². The van der Waals surface area contributed by atoms with Crippen LogP contribution in [0.4, 0.5) is 0 Å². The van der Waals surface area contributed by atoms with Crippen molar-refractivity contribution in [3.05, 3.63) is 0 Å². The molecule has 0 atom stereocenters. The van der Waals surface area contributed by atoms with Crippen molar-refractivity contribution in [1.82, 2.24) is 0 Å². The molecule has 0 aromatic heterocycles. The molecular weight excluding hydrogens is 236 g/mol. The van der Waals surface area contributed by atoms with Gasteiger partial charge in [-0.1, -0.05) is 77.6 Å². The lowest BCUT2D eigenvalue weighted by Gasteiger charge is -2.13. The Morgan fingerprint density at radius 2 is 1.00 bits per heavy atom. The summed E-state index contributed by atoms with van der Waals surface area (Å²) in [5.74, 6) is 0.532. The van der Waals surface area contributed by atoms with E-state index in [9.17, 15) is 0 Å². The van der Waals surface area contributed by atoms with E-state index < -0.39 is 0 Å². The van der Waals surface area contributed by atoms with Gasteiger partial charge in [-0.3, -0.25) is 0 Å². The van der Waals surface area contributed by atoms with Crippen molar-refractivity contribution in [1.29, 1.82) is 0 Å². The first-order chi connectivity index (χ1) is 9.35. The van der Waals surface area contributed by atoms with Gasteiger partial charge in [-0.05, 0) is 18.8 Å². The van der Waals surface area contributed by atoms with Crippen molar-refractivity contribution in [2.45, 2.75) is 90.4 Å². The molecule has 0 bridgehead atoms. The Morgan fingerprint density at radius 3 is 1.42 bits per heavy atom. The van der Waals surface area contributed by atoms with Crippen molar-refractivity contribution in [3.8, 4) is 0 Å². The molecule has 2 N–H and O–H groups in total. The summed E-state index contributed by atoms with van der Waals surface area (Å²) in [4.78, 5) is 0. The van der Waals surface area contributed by atoms with E-state index in [2.05, 4.69) is 6.92 Å². The minimum atomic E-state index is 0.266. The monoisotopic (exact) mass is 272 g/mol. The van der Waals surface area contributed by atoms with Crippen LogP contribution in [0.15, 0.2) is 0 Å². The fraction of sp³-hybridized carbons (Fsp3) is 1.00. The van der Waals surface area contributed by atoms with Gasteiger partial charge in [-0.15, -0.1) is 0 Å². The van der Waals surface area contributed by atoms with Gasteiger partial charge in [0.2, 0.25) is 0 Å². The average Bonchev–Trinajstić information content (AvgIpc) is 2.41. The molecule has 0 saturated heterocycles. The van der Waals surface area contributed by atoms with Gasteiger partial charge in [0.15, 0.2) is 0 Å². The summed E-state index contributed by atoms with van der Waals surface area (Å²) in [5.41, 5.74) is 0. The molecule has 0 aliphatic rings. The standard InChI is InChI=1S/C17H36O2/c1-2-3-4-5-6-7-8-9-10-11-12-17(13-15-18)14-16-19/h17-19H,2-16H2,1H3. The summed E-state index contributed by atoms with van der Waals surface area (Å²) >= 11 is 0. The van der Waals surface area contributed by atoms with Crippen LogP contribution in [0.3, 0.4) is 0 Å². The molecule has 0 aromatic carbocycles. The van der Waals surface area contributed by atoms with E-state index in [1.165, 1.54) is 70.6 Å². The van der Waals surface area contributed by atoms with Gasteiger partial charge in [0.25, 0.3) is 0 Å². The molecular formula is C17H36O2. The van der Waals surface area contributed by atoms with Crippen LogP contribution in [0.2, 0.25) is 0 Å². The predicted molar refractivity (Wildman–Crippen MR) is 83.4 cm³/mol. The van der Waals surface area contributed by atoms with Crippen LogP contribution >= 0.6 is 0 Å². The van der Waals surface area contributed by atoms with Crippen LogP contribution in [-0.2, 0) is 0 Å². The van der Waals surface area contributed by atoms with E-state index in [1.807, 2.05) is 0 Å². The summed E-state index contributed by atoms with van der Waals surface area (Å²) < 4.78 is 0. The lowest BCUT2D eigenvalue weighted by atomic mass is 9.94. The zero-order valence-electron chi connectivity index (χ0n) is 13.1. The first-order valence-electron chi connectivity index (χ1n) is 8.56. The second-order valence-electron chi connectivity index (χ2n) is 5.86. The molecule has 0 aliphatic heterocycles. The maximum absolute atomic E-state index is 8.94. The summed E-state index contributed by atoms with van der Waals surface area (Å²) in [7, 11) is 0. The van der Waals surface area contributed by atoms with E-state index in [1.54, 1.807) is 0 Å². The molecule has 0 aliphatic carbocycles. The third kappa shape index (κ3) is 14.1. The second-order valence-corrected chi connectivity index (χ2v) is 5.86. The minimum Gasteiger partial charge on any atom is -0.396 e. The highest BCUT2D eigenvalue weighted by molar-refractivity contribution is 4.59. The van der Waals surface area contributed by atoms with Gasteiger partial charge in [0.1, 0.15) is 0 Å². The molecule has 0 spiro atoms. The van der Waals surface area contributed by atoms with Crippen LogP contribution in [0, 0.1) is 5.92 Å². The topological polar surface area (TPSA) is 40.5 Å². The van der Waals surface area contributed by atoms with Crippen LogP contribution < -0.4 is 0 Å². The van der Waals surface area contributed by atoms with Gasteiger partial charge in [-0.25, -0.2) is 0 Å². The summed E-state index contributed by atoms with van der Waals surface area (Å²) in [5, 5.41) is 17.9. The third-order valence-corrected chi connectivity index (χ3v) is 4.04. The zero-order valence-corrected chi connectivity index (χ0v) is 13.1. The maximum Gasteiger partial charge on any atom is 0.0433 e. The Bertz CT molecular complexity index is 153.